The Labute approximate surface area is 144 Å². The van der Waals surface area contributed by atoms with Gasteiger partial charge in [0.15, 0.2) is 0 Å². The number of carbonyl (C=O) groups is 1. The molecule has 4 heteroatoms. The first-order valence-electron chi connectivity index (χ1n) is 8.52. The van der Waals surface area contributed by atoms with Crippen molar-refractivity contribution in [3.8, 4) is 5.75 Å². The summed E-state index contributed by atoms with van der Waals surface area (Å²) in [4.78, 5) is 14.8. The van der Waals surface area contributed by atoms with Gasteiger partial charge in [0.2, 0.25) is 0 Å². The van der Waals surface area contributed by atoms with Crippen LogP contribution < -0.4 is 10.1 Å². The lowest BCUT2D eigenvalue weighted by molar-refractivity contribution is 0.102. The van der Waals surface area contributed by atoms with Crippen LogP contribution in [0.4, 0.5) is 5.69 Å². The van der Waals surface area contributed by atoms with Crippen LogP contribution in [0.15, 0.2) is 48.5 Å². The molecule has 0 aliphatic rings. The topological polar surface area (TPSA) is 41.6 Å². The lowest BCUT2D eigenvalue weighted by atomic mass is 10.1. The minimum atomic E-state index is -0.128. The fourth-order valence-corrected chi connectivity index (χ4v) is 2.51. The van der Waals surface area contributed by atoms with Gasteiger partial charge in [-0.1, -0.05) is 38.1 Å². The number of hydrogen-bond donors (Lipinski definition) is 1. The summed E-state index contributed by atoms with van der Waals surface area (Å²) in [5.41, 5.74) is 2.55. The third kappa shape index (κ3) is 4.83. The first-order valence-corrected chi connectivity index (χ1v) is 8.52. The molecule has 0 bridgehead atoms. The predicted molar refractivity (Wildman–Crippen MR) is 98.6 cm³/mol. The molecule has 4 nitrogen and oxygen atoms in total. The molecule has 0 fully saturated rings. The summed E-state index contributed by atoms with van der Waals surface area (Å²) >= 11 is 0. The summed E-state index contributed by atoms with van der Waals surface area (Å²) in [5, 5.41) is 2.92. The molecule has 0 aliphatic carbocycles. The first-order chi connectivity index (χ1) is 11.7. The van der Waals surface area contributed by atoms with Gasteiger partial charge < -0.3 is 10.1 Å². The van der Waals surface area contributed by atoms with Crippen LogP contribution >= 0.6 is 0 Å². The zero-order chi connectivity index (χ0) is 17.4. The molecule has 24 heavy (non-hydrogen) atoms. The van der Waals surface area contributed by atoms with Gasteiger partial charge in [0, 0.05) is 12.1 Å². The fraction of sp³-hybridized carbons (Fsp3) is 0.350. The normalized spacial score (nSPS) is 10.7. The van der Waals surface area contributed by atoms with E-state index in [2.05, 4.69) is 24.1 Å². The van der Waals surface area contributed by atoms with Gasteiger partial charge in [-0.05, 0) is 49.8 Å². The smallest absolute Gasteiger partial charge is 0.255 e. The molecule has 128 valence electrons. The Morgan fingerprint density at radius 1 is 1.00 bits per heavy atom. The van der Waals surface area contributed by atoms with Gasteiger partial charge in [-0.25, -0.2) is 0 Å². The fourth-order valence-electron chi connectivity index (χ4n) is 2.51. The number of anilines is 1. The van der Waals surface area contributed by atoms with E-state index in [9.17, 15) is 4.79 Å². The highest BCUT2D eigenvalue weighted by atomic mass is 16.5. The number of rotatable bonds is 8. The van der Waals surface area contributed by atoms with Crippen LogP contribution in [0.25, 0.3) is 0 Å². The van der Waals surface area contributed by atoms with Crippen LogP contribution in [-0.4, -0.2) is 30.5 Å². The lowest BCUT2D eigenvalue weighted by Crippen LogP contribution is -2.22. The molecular weight excluding hydrogens is 300 g/mol. The molecule has 2 aromatic carbocycles. The Bertz CT molecular complexity index is 649. The third-order valence-corrected chi connectivity index (χ3v) is 3.95. The zero-order valence-electron chi connectivity index (χ0n) is 14.7. The summed E-state index contributed by atoms with van der Waals surface area (Å²) in [7, 11) is 0. The number of carbonyl (C=O) groups excluding carboxylic acids is 1. The van der Waals surface area contributed by atoms with E-state index in [1.54, 1.807) is 0 Å². The van der Waals surface area contributed by atoms with Crippen molar-refractivity contribution < 1.29 is 9.53 Å². The van der Waals surface area contributed by atoms with E-state index in [0.29, 0.717) is 23.6 Å². The molecule has 0 saturated heterocycles. The van der Waals surface area contributed by atoms with Crippen molar-refractivity contribution in [1.82, 2.24) is 4.90 Å². The average molecular weight is 326 g/mol. The Morgan fingerprint density at radius 2 is 1.67 bits per heavy atom. The molecule has 0 spiro atoms. The lowest BCUT2D eigenvalue weighted by Gasteiger charge is -2.18. The van der Waals surface area contributed by atoms with Gasteiger partial charge in [0.05, 0.1) is 12.3 Å². The summed E-state index contributed by atoms with van der Waals surface area (Å²) in [6.07, 6.45) is 0. The second-order valence-corrected chi connectivity index (χ2v) is 5.54. The van der Waals surface area contributed by atoms with Crippen LogP contribution in [0.5, 0.6) is 5.75 Å². The van der Waals surface area contributed by atoms with E-state index in [0.717, 1.165) is 19.6 Å². The Balaban J connectivity index is 2.05. The molecular formula is C20H26N2O2. The SMILES string of the molecule is CCOc1ccccc1NC(=O)c1ccc(CN(CC)CC)cc1. The van der Waals surface area contributed by atoms with Crippen LogP contribution in [0.2, 0.25) is 0 Å². The monoisotopic (exact) mass is 326 g/mol. The maximum Gasteiger partial charge on any atom is 0.255 e. The molecule has 1 N–H and O–H groups in total. The number of ether oxygens (including phenoxy) is 1. The van der Waals surface area contributed by atoms with Crippen LogP contribution in [0.3, 0.4) is 0 Å². The summed E-state index contributed by atoms with van der Waals surface area (Å²) in [5.74, 6) is 0.558. The van der Waals surface area contributed by atoms with Crippen molar-refractivity contribution in [2.24, 2.45) is 0 Å². The molecule has 2 rings (SSSR count). The number of hydrogen-bond acceptors (Lipinski definition) is 3. The number of amides is 1. The molecule has 1 amide bonds. The summed E-state index contributed by atoms with van der Waals surface area (Å²) in [6.45, 7) is 9.74. The van der Waals surface area contributed by atoms with Crippen LogP contribution in [0, 0.1) is 0 Å². The quantitative estimate of drug-likeness (QED) is 0.791. The second kappa shape index (κ2) is 9.08. The minimum Gasteiger partial charge on any atom is -0.492 e. The molecule has 0 heterocycles. The molecule has 0 unspecified atom stereocenters. The maximum atomic E-state index is 12.4. The Kier molecular flexibility index (Phi) is 6.82. The second-order valence-electron chi connectivity index (χ2n) is 5.54. The van der Waals surface area contributed by atoms with Crippen LogP contribution in [0.1, 0.15) is 36.7 Å². The van der Waals surface area contributed by atoms with Gasteiger partial charge in [-0.15, -0.1) is 0 Å². The molecule has 0 saturated carbocycles. The van der Waals surface area contributed by atoms with E-state index < -0.39 is 0 Å². The van der Waals surface area contributed by atoms with Gasteiger partial charge in [0.25, 0.3) is 5.91 Å². The van der Waals surface area contributed by atoms with E-state index in [1.807, 2.05) is 55.5 Å². The Hall–Kier alpha value is -2.33. The number of nitrogens with one attached hydrogen (secondary N) is 1. The van der Waals surface area contributed by atoms with Crippen molar-refractivity contribution in [3.05, 3.63) is 59.7 Å². The standard InChI is InChI=1S/C20H26N2O2/c1-4-22(5-2)15-16-11-13-17(14-12-16)20(23)21-18-9-7-8-10-19(18)24-6-3/h7-14H,4-6,15H2,1-3H3,(H,21,23). The highest BCUT2D eigenvalue weighted by molar-refractivity contribution is 6.05. The van der Waals surface area contributed by atoms with Crippen molar-refractivity contribution in [1.29, 1.82) is 0 Å². The third-order valence-electron chi connectivity index (χ3n) is 3.95. The van der Waals surface area contributed by atoms with Crippen molar-refractivity contribution >= 4 is 11.6 Å². The first kappa shape index (κ1) is 18.0. The van der Waals surface area contributed by atoms with E-state index >= 15 is 0 Å². The maximum absolute atomic E-state index is 12.4. The van der Waals surface area contributed by atoms with E-state index in [-0.39, 0.29) is 5.91 Å². The van der Waals surface area contributed by atoms with Gasteiger partial charge in [-0.2, -0.15) is 0 Å². The summed E-state index contributed by atoms with van der Waals surface area (Å²) < 4.78 is 5.54. The number of nitrogens with zero attached hydrogens (tertiary/aromatic N) is 1. The van der Waals surface area contributed by atoms with Crippen molar-refractivity contribution in [2.75, 3.05) is 25.0 Å². The molecule has 0 radical (unpaired) electrons. The number of benzene rings is 2. The molecule has 0 aliphatic heterocycles. The largest absolute Gasteiger partial charge is 0.492 e. The highest BCUT2D eigenvalue weighted by Crippen LogP contribution is 2.24. The van der Waals surface area contributed by atoms with E-state index in [1.165, 1.54) is 5.56 Å². The van der Waals surface area contributed by atoms with Gasteiger partial charge >= 0.3 is 0 Å². The van der Waals surface area contributed by atoms with Gasteiger partial charge in [-0.3, -0.25) is 9.69 Å². The Morgan fingerprint density at radius 3 is 2.29 bits per heavy atom. The predicted octanol–water partition coefficient (Wildman–Crippen LogP) is 4.18. The average Bonchev–Trinajstić information content (AvgIpc) is 2.62. The van der Waals surface area contributed by atoms with Crippen molar-refractivity contribution in [3.63, 3.8) is 0 Å². The molecule has 2 aromatic rings. The highest BCUT2D eigenvalue weighted by Gasteiger charge is 2.10. The van der Waals surface area contributed by atoms with E-state index in [4.69, 9.17) is 4.74 Å². The zero-order valence-corrected chi connectivity index (χ0v) is 14.7. The van der Waals surface area contributed by atoms with Crippen LogP contribution in [-0.2, 0) is 6.54 Å². The summed E-state index contributed by atoms with van der Waals surface area (Å²) in [6, 6.07) is 15.2. The molecule has 0 atom stereocenters. The minimum absolute atomic E-state index is 0.128. The van der Waals surface area contributed by atoms with Gasteiger partial charge in [0.1, 0.15) is 5.75 Å². The number of para-hydroxylation sites is 2. The van der Waals surface area contributed by atoms with Crippen molar-refractivity contribution in [2.45, 2.75) is 27.3 Å². The molecule has 0 aromatic heterocycles.